The number of sulfonamides is 4. The van der Waals surface area contributed by atoms with Crippen molar-refractivity contribution < 1.29 is 67.1 Å². The molecular weight excluding hydrogens is 1990 g/mol. The summed E-state index contributed by atoms with van der Waals surface area (Å²) in [6, 6.07) is 47.4. The van der Waals surface area contributed by atoms with Gasteiger partial charge in [-0.25, -0.2) is 67.0 Å². The Morgan fingerprint density at radius 2 is 0.938 bits per heavy atom. The average molecular weight is 2110 g/mol. The first-order valence-corrected chi connectivity index (χ1v) is 53.8. The van der Waals surface area contributed by atoms with Crippen LogP contribution in [0.5, 0.6) is 5.88 Å². The fourth-order valence-electron chi connectivity index (χ4n) is 18.5. The number of rotatable bonds is 25. The molecule has 3 unspecified atom stereocenters. The van der Waals surface area contributed by atoms with E-state index in [4.69, 9.17) is 60.7 Å². The normalized spacial score (nSPS) is 17.3. The first kappa shape index (κ1) is 109. The van der Waals surface area contributed by atoms with E-state index in [-0.39, 0.29) is 94.3 Å². The van der Waals surface area contributed by atoms with Crippen LogP contribution in [0.4, 0.5) is 45.5 Å². The largest absolute Gasteiger partial charge is 0.473 e. The van der Waals surface area contributed by atoms with Gasteiger partial charge in [0.05, 0.1) is 38.0 Å². The predicted molar refractivity (Wildman–Crippen MR) is 563 cm³/mol. The summed E-state index contributed by atoms with van der Waals surface area (Å²) in [6.07, 6.45) is 11.5. The van der Waals surface area contributed by atoms with E-state index in [9.17, 15) is 57.6 Å². The third-order valence-electron chi connectivity index (χ3n) is 24.8. The summed E-state index contributed by atoms with van der Waals surface area (Å²) in [4.78, 5) is 109. The maximum atomic E-state index is 13.4. The van der Waals surface area contributed by atoms with Crippen LogP contribution in [-0.2, 0) is 58.5 Å². The lowest BCUT2D eigenvalue weighted by molar-refractivity contribution is 0.0304. The number of carbonyl (C=O) groups excluding carboxylic acids is 5. The number of fused-ring (bicyclic) bond motifs is 1. The third-order valence-corrected chi connectivity index (χ3v) is 30.9. The van der Waals surface area contributed by atoms with Crippen LogP contribution in [0.25, 0.3) is 33.3 Å². The van der Waals surface area contributed by atoms with Gasteiger partial charge in [-0.05, 0) is 263 Å². The number of hydrogen-bond acceptors (Lipinski definition) is 30. The molecule has 4 atom stereocenters. The summed E-state index contributed by atoms with van der Waals surface area (Å²) in [6.45, 7) is 34.2. The lowest BCUT2D eigenvalue weighted by Crippen LogP contribution is -2.41. The second-order valence-corrected chi connectivity index (χ2v) is 47.9. The summed E-state index contributed by atoms with van der Waals surface area (Å²) in [5.41, 5.74) is 15.4. The molecule has 36 nitrogen and oxygen atoms in total. The number of amides is 5. The second kappa shape index (κ2) is 43.9. The molecule has 0 bridgehead atoms. The summed E-state index contributed by atoms with van der Waals surface area (Å²) in [7, 11) is -13.4. The van der Waals surface area contributed by atoms with Crippen LogP contribution < -0.4 is 60.0 Å². The van der Waals surface area contributed by atoms with Gasteiger partial charge in [0, 0.05) is 134 Å². The summed E-state index contributed by atoms with van der Waals surface area (Å²) >= 11 is 18.0. The van der Waals surface area contributed by atoms with E-state index in [0.717, 1.165) is 66.4 Å². The Balaban J connectivity index is 0.000000162. The Kier molecular flexibility index (Phi) is 33.0. The fraction of sp³-hybridized carbons (Fsp3) is 0.363. The van der Waals surface area contributed by atoms with Crippen LogP contribution in [0.15, 0.2) is 227 Å². The Labute approximate surface area is 860 Å². The number of benzene rings is 3. The SMILES string of the molecule is CC1CN(c2ncc(-c3ccc(Cl)cc3)cc2C(=O)NS(=O)(=O)c2cccc(N)n2)C(C)(C)C1.CC1CN(c2ncccc2C(=O)NS(=O)(=O)c2cccc(NCCN(C)C(=O)OC(C)(C)C)n2)C(C)(C)C1.CC1CN(c2ncccc2C(=O)NS(=O)(=O)c2cccc(OCc3ccc(Cl)c(Cl)c3)n2)C(C)(C)C1.C[C@@H]1CN(c2nc(-c3ccc4ccn(C)c4c3)ccc2C(=O)NS(=O)(=O)c2cccnc2N)C(C)(C)C1. The van der Waals surface area contributed by atoms with Gasteiger partial charge in [-0.2, -0.15) is 30.2 Å². The van der Waals surface area contributed by atoms with Gasteiger partial charge in [-0.3, -0.25) is 19.2 Å². The monoisotopic (exact) mass is 2110 g/mol. The van der Waals surface area contributed by atoms with E-state index >= 15 is 0 Å². The van der Waals surface area contributed by atoms with Gasteiger partial charge in [0.15, 0.2) is 15.1 Å². The number of pyridine rings is 8. The van der Waals surface area contributed by atoms with E-state index in [1.165, 1.54) is 71.8 Å². The molecule has 0 saturated carbocycles. The van der Waals surface area contributed by atoms with Crippen LogP contribution in [0.1, 0.15) is 177 Å². The average Bonchev–Trinajstić information content (AvgIpc) is 1.70. The lowest BCUT2D eigenvalue weighted by Gasteiger charge is -2.34. The van der Waals surface area contributed by atoms with Crippen LogP contribution in [0.2, 0.25) is 15.1 Å². The minimum Gasteiger partial charge on any atom is -0.473 e. The van der Waals surface area contributed by atoms with Crippen molar-refractivity contribution in [1.29, 1.82) is 0 Å². The van der Waals surface area contributed by atoms with Crippen LogP contribution in [-0.4, -0.2) is 187 Å². The first-order valence-electron chi connectivity index (χ1n) is 46.7. The molecule has 0 spiro atoms. The van der Waals surface area contributed by atoms with E-state index in [1.54, 1.807) is 125 Å². The topological polar surface area (TPSA) is 477 Å². The van der Waals surface area contributed by atoms with Gasteiger partial charge in [-0.15, -0.1) is 0 Å². The highest BCUT2D eigenvalue weighted by Gasteiger charge is 2.45. The lowest BCUT2D eigenvalue weighted by atomic mass is 9.97. The van der Waals surface area contributed by atoms with Crippen molar-refractivity contribution in [3.63, 3.8) is 0 Å². The third kappa shape index (κ3) is 26.7. The Hall–Kier alpha value is -13.4. The van der Waals surface area contributed by atoms with Crippen molar-refractivity contribution in [2.45, 2.75) is 184 Å². The van der Waals surface area contributed by atoms with E-state index in [1.807, 2.05) is 42.1 Å². The highest BCUT2D eigenvalue weighted by molar-refractivity contribution is 7.91. The molecule has 12 aromatic rings. The smallest absolute Gasteiger partial charge is 0.410 e. The molecule has 4 aliphatic heterocycles. The number of hydrogen-bond donors (Lipinski definition) is 7. The Morgan fingerprint density at radius 1 is 0.469 bits per heavy atom. The predicted octanol–water partition coefficient (Wildman–Crippen LogP) is 16.7. The molecule has 13 heterocycles. The molecule has 145 heavy (non-hydrogen) atoms. The van der Waals surface area contributed by atoms with E-state index < -0.39 is 75.4 Å². The zero-order valence-corrected chi connectivity index (χ0v) is 89.1. The molecule has 5 amide bonds. The van der Waals surface area contributed by atoms with Gasteiger partial charge in [-0.1, -0.05) is 111 Å². The molecule has 3 aromatic carbocycles. The molecule has 43 heteroatoms. The summed E-state index contributed by atoms with van der Waals surface area (Å²) in [5, 5.41) is 4.51. The molecule has 4 aliphatic rings. The molecule has 0 radical (unpaired) electrons. The summed E-state index contributed by atoms with van der Waals surface area (Å²) < 4.78 is 125. The second-order valence-electron chi connectivity index (χ2n) is 40.1. The van der Waals surface area contributed by atoms with Crippen molar-refractivity contribution in [2.24, 2.45) is 30.7 Å². The Bertz CT molecular complexity index is 7360. The fourth-order valence-corrected chi connectivity index (χ4v) is 22.8. The van der Waals surface area contributed by atoms with Crippen LogP contribution >= 0.6 is 34.8 Å². The van der Waals surface area contributed by atoms with Gasteiger partial charge in [0.1, 0.15) is 57.8 Å². The van der Waals surface area contributed by atoms with Crippen molar-refractivity contribution >= 4 is 156 Å². The number of nitrogens with one attached hydrogen (secondary N) is 5. The van der Waals surface area contributed by atoms with Gasteiger partial charge in [0.2, 0.25) is 5.88 Å². The number of ether oxygens (including phenoxy) is 2. The highest BCUT2D eigenvalue weighted by Crippen LogP contribution is 2.44. The molecule has 4 saturated heterocycles. The molecule has 4 fully saturated rings. The van der Waals surface area contributed by atoms with Gasteiger partial charge < -0.3 is 55.3 Å². The van der Waals surface area contributed by atoms with E-state index in [2.05, 4.69) is 174 Å². The molecule has 9 N–H and O–H groups in total. The minimum absolute atomic E-state index is 0.0372. The van der Waals surface area contributed by atoms with Gasteiger partial charge in [0.25, 0.3) is 63.7 Å². The molecular formula is C102H120Cl3N21O15S4. The quantitative estimate of drug-likeness (QED) is 0.0279. The zero-order valence-electron chi connectivity index (χ0n) is 83.5. The molecule has 0 aliphatic carbocycles. The van der Waals surface area contributed by atoms with Crippen molar-refractivity contribution in [3.8, 4) is 28.3 Å². The van der Waals surface area contributed by atoms with Crippen molar-refractivity contribution in [1.82, 2.24) is 68.2 Å². The van der Waals surface area contributed by atoms with Crippen molar-refractivity contribution in [3.05, 3.63) is 250 Å². The number of halogens is 3. The number of anilines is 7. The molecule has 16 rings (SSSR count). The number of nitrogens with two attached hydrogens (primary N) is 2. The Morgan fingerprint density at radius 3 is 1.45 bits per heavy atom. The number of likely N-dealkylation sites (N-methyl/N-ethyl adjacent to an activating group) is 1. The van der Waals surface area contributed by atoms with Crippen LogP contribution in [0, 0.1) is 23.7 Å². The number of carbonyl (C=O) groups is 5. The zero-order chi connectivity index (χ0) is 106. The maximum absolute atomic E-state index is 13.4. The minimum atomic E-state index is -4.28. The number of nitrogen functional groups attached to an aromatic ring is 2. The molecule has 768 valence electrons. The van der Waals surface area contributed by atoms with E-state index in [0.29, 0.717) is 99.4 Å². The summed E-state index contributed by atoms with van der Waals surface area (Å²) in [5.74, 6) is 0.482. The van der Waals surface area contributed by atoms with Crippen molar-refractivity contribution in [2.75, 3.05) is 82.7 Å². The van der Waals surface area contributed by atoms with Crippen LogP contribution in [0.3, 0.4) is 0 Å². The molecule has 9 aromatic heterocycles. The first-order chi connectivity index (χ1) is 68.0. The standard InChI is InChI=1S/C27H30N6O3S.C26H38N6O5S.C25H26Cl2N4O4S.C24H26ClN5O3S/c1-17-15-27(2,3)33(16-17)25-20(26(34)31-37(35,36)23-6-5-12-29-24(23)28)9-10-21(30-25)19-8-7-18-11-13-32(4)22(18)14-19;1-18-16-26(5,6)32(17-18)22-19(10-9-13-28-22)23(33)30-38(35,36)21-12-8-11-20(29-21)27-14-15-31(7)24(34)37-25(2,3)4;1-16-13-25(2,3)31(14-16)23-18(6-5-11-28-23)24(32)30-36(33,34)22-8-4-7-21(29-22)35-15-17-9-10-19(26)20(27)12-17;1-15-12-24(2,3)30(14-15)22-19(11-17(13-27-22)16-7-9-18(25)10-8-16)23(31)29-34(32,33)21-6-4-5-20(26)28-21/h5-14,17H,15-16H2,1-4H3,(H2,28,29)(H,31,34);8-13,18H,14-17H2,1-7H3,(H,27,29)(H,30,33);4-12,16H,13-15H2,1-3H3,(H,30,32);4-11,13,15H,12,14H2,1-3H3,(H2,26,28)(H,29,31)/t17-;;;/m0.../s1. The highest BCUT2D eigenvalue weighted by atomic mass is 35.5. The maximum Gasteiger partial charge on any atom is 0.410 e. The number of nitrogens with zero attached hydrogens (tertiary/aromatic N) is 14. The van der Waals surface area contributed by atoms with Gasteiger partial charge >= 0.3 is 6.09 Å². The number of aromatic nitrogens is 9. The number of aryl methyl sites for hydroxylation is 1.